The Hall–Kier alpha value is -2.38. The maximum Gasteiger partial charge on any atom is 0.351 e. The molecule has 2 fully saturated rings. The van der Waals surface area contributed by atoms with Crippen molar-refractivity contribution in [2.24, 2.45) is 5.73 Å². The number of epoxide rings is 1. The van der Waals surface area contributed by atoms with E-state index in [4.69, 9.17) is 20.3 Å². The van der Waals surface area contributed by atoms with E-state index < -0.39 is 54.3 Å². The molecule has 1 aromatic rings. The summed E-state index contributed by atoms with van der Waals surface area (Å²) >= 11 is 0. The lowest BCUT2D eigenvalue weighted by Gasteiger charge is -2.18. The van der Waals surface area contributed by atoms with Crippen molar-refractivity contribution < 1.29 is 34.4 Å². The third kappa shape index (κ3) is 3.70. The van der Waals surface area contributed by atoms with Crippen LogP contribution in [-0.4, -0.2) is 73.8 Å². The Morgan fingerprint density at radius 3 is 2.78 bits per heavy atom. The third-order valence-electron chi connectivity index (χ3n) is 4.58. The molecule has 0 aromatic carbocycles. The van der Waals surface area contributed by atoms with E-state index in [1.165, 1.54) is 12.3 Å². The van der Waals surface area contributed by atoms with E-state index in [2.05, 4.69) is 10.3 Å². The van der Waals surface area contributed by atoms with Gasteiger partial charge in [-0.2, -0.15) is 4.98 Å². The fourth-order valence-electron chi connectivity index (χ4n) is 2.93. The number of amides is 1. The van der Waals surface area contributed by atoms with Gasteiger partial charge in [-0.15, -0.1) is 0 Å². The van der Waals surface area contributed by atoms with Crippen LogP contribution in [0.1, 0.15) is 19.1 Å². The van der Waals surface area contributed by atoms with Crippen LogP contribution in [0.3, 0.4) is 0 Å². The number of aromatic nitrogens is 2. The zero-order valence-electron chi connectivity index (χ0n) is 14.1. The van der Waals surface area contributed by atoms with Gasteiger partial charge in [0, 0.05) is 12.6 Å². The van der Waals surface area contributed by atoms with Gasteiger partial charge in [0.15, 0.2) is 11.8 Å². The van der Waals surface area contributed by atoms with Gasteiger partial charge in [-0.25, -0.2) is 4.79 Å². The zero-order valence-corrected chi connectivity index (χ0v) is 14.1. The van der Waals surface area contributed by atoms with Crippen LogP contribution in [0.25, 0.3) is 0 Å². The van der Waals surface area contributed by atoms with Crippen LogP contribution in [0.4, 0.5) is 5.82 Å². The van der Waals surface area contributed by atoms with Crippen molar-refractivity contribution >= 4 is 17.7 Å². The molecule has 5 atom stereocenters. The molecule has 0 aliphatic carbocycles. The second-order valence-electron chi connectivity index (χ2n) is 6.43. The summed E-state index contributed by atoms with van der Waals surface area (Å²) in [5, 5.41) is 30.5. The number of anilines is 1. The molecule has 0 bridgehead atoms. The molecule has 3 unspecified atom stereocenters. The van der Waals surface area contributed by atoms with E-state index in [0.717, 1.165) is 4.57 Å². The highest BCUT2D eigenvalue weighted by atomic mass is 16.7. The van der Waals surface area contributed by atoms with Gasteiger partial charge in [0.25, 0.3) is 0 Å². The minimum atomic E-state index is -1.21. The second kappa shape index (κ2) is 7.32. The van der Waals surface area contributed by atoms with Crippen LogP contribution < -0.4 is 16.7 Å². The summed E-state index contributed by atoms with van der Waals surface area (Å²) in [5.74, 6) is -1.76. The Kier molecular flexibility index (Phi) is 5.26. The summed E-state index contributed by atoms with van der Waals surface area (Å²) in [5.41, 5.74) is 3.47. The molecule has 6 N–H and O–H groups in total. The highest BCUT2D eigenvalue weighted by Crippen LogP contribution is 2.49. The number of aliphatic hydroxyl groups is 2. The van der Waals surface area contributed by atoms with Crippen molar-refractivity contribution in [1.82, 2.24) is 9.55 Å². The van der Waals surface area contributed by atoms with Gasteiger partial charge in [-0.3, -0.25) is 14.2 Å². The highest BCUT2D eigenvalue weighted by Gasteiger charge is 2.66. The van der Waals surface area contributed by atoms with Crippen LogP contribution in [0.15, 0.2) is 17.1 Å². The number of carboxylic acid groups (broad SMARTS) is 1. The van der Waals surface area contributed by atoms with Crippen LogP contribution >= 0.6 is 0 Å². The maximum absolute atomic E-state index is 12.3. The number of nitrogens with two attached hydrogens (primary N) is 1. The fourth-order valence-corrected chi connectivity index (χ4v) is 2.93. The van der Waals surface area contributed by atoms with E-state index in [1.807, 2.05) is 0 Å². The monoisotopic (exact) mass is 384 g/mol. The minimum Gasteiger partial charge on any atom is -0.480 e. The summed E-state index contributed by atoms with van der Waals surface area (Å²) in [4.78, 5) is 38.5. The highest BCUT2D eigenvalue weighted by molar-refractivity contribution is 5.90. The molecule has 12 heteroatoms. The first-order valence-electron chi connectivity index (χ1n) is 8.24. The Labute approximate surface area is 152 Å². The Morgan fingerprint density at radius 2 is 2.22 bits per heavy atom. The van der Waals surface area contributed by atoms with Gasteiger partial charge in [0.1, 0.15) is 24.1 Å². The fraction of sp³-hybridized carbons (Fsp3) is 0.600. The number of rotatable bonds is 7. The number of aliphatic carboxylic acids is 1. The van der Waals surface area contributed by atoms with Crippen LogP contribution in [0.2, 0.25) is 0 Å². The average molecular weight is 384 g/mol. The van der Waals surface area contributed by atoms with Gasteiger partial charge >= 0.3 is 11.7 Å². The Morgan fingerprint density at radius 1 is 1.52 bits per heavy atom. The van der Waals surface area contributed by atoms with E-state index in [9.17, 15) is 24.6 Å². The summed E-state index contributed by atoms with van der Waals surface area (Å²) in [6, 6.07) is 0.200. The molecule has 148 valence electrons. The number of hydrogen-bond acceptors (Lipinski definition) is 9. The van der Waals surface area contributed by atoms with Gasteiger partial charge in [-0.05, 0) is 12.5 Å². The Balaban J connectivity index is 1.67. The van der Waals surface area contributed by atoms with Crippen molar-refractivity contribution in [3.05, 3.63) is 22.7 Å². The predicted octanol–water partition coefficient (Wildman–Crippen LogP) is -2.61. The molecule has 2 aliphatic rings. The van der Waals surface area contributed by atoms with Crippen molar-refractivity contribution in [2.75, 3.05) is 18.5 Å². The topological polar surface area (TPSA) is 190 Å². The molecule has 27 heavy (non-hydrogen) atoms. The number of hydrogen-bond donors (Lipinski definition) is 5. The quantitative estimate of drug-likeness (QED) is 0.311. The standard InChI is InChI=1S/C15H20N4O8/c16-7(12(23)24)1-2-10(21)17-9-3-4-19(14(25)18-9)13-15(6-26-15)11(22)8(5-20)27-13/h3-4,7-8,11,13,20,22H,1-2,5-6,16H2,(H,23,24)(H,17,18,21,25)/t7?,8-,11?,13-,15?/m1/s1. The first-order chi connectivity index (χ1) is 12.8. The third-order valence-corrected chi connectivity index (χ3v) is 4.58. The second-order valence-corrected chi connectivity index (χ2v) is 6.43. The number of carbonyl (C=O) groups excluding carboxylic acids is 1. The summed E-state index contributed by atoms with van der Waals surface area (Å²) in [7, 11) is 0. The average Bonchev–Trinajstić information content (AvgIpc) is 3.37. The summed E-state index contributed by atoms with van der Waals surface area (Å²) in [6.45, 7) is -0.262. The molecule has 1 amide bonds. The normalized spacial score (nSPS) is 30.3. The summed E-state index contributed by atoms with van der Waals surface area (Å²) in [6.07, 6.45) is -1.81. The van der Waals surface area contributed by atoms with Crippen LogP contribution in [0.5, 0.6) is 0 Å². The summed E-state index contributed by atoms with van der Waals surface area (Å²) < 4.78 is 11.9. The van der Waals surface area contributed by atoms with Crippen molar-refractivity contribution in [2.45, 2.75) is 42.9 Å². The van der Waals surface area contributed by atoms with Gasteiger partial charge in [0.05, 0.1) is 13.2 Å². The largest absolute Gasteiger partial charge is 0.480 e. The number of nitrogens with one attached hydrogen (secondary N) is 1. The minimum absolute atomic E-state index is 0.0202. The molecule has 3 heterocycles. The molecule has 1 spiro atoms. The first kappa shape index (κ1) is 19.4. The van der Waals surface area contributed by atoms with Gasteiger partial charge < -0.3 is 35.8 Å². The smallest absolute Gasteiger partial charge is 0.351 e. The van der Waals surface area contributed by atoms with Crippen molar-refractivity contribution in [3.8, 4) is 0 Å². The molecule has 2 aliphatic heterocycles. The van der Waals surface area contributed by atoms with Crippen molar-refractivity contribution in [3.63, 3.8) is 0 Å². The number of nitrogens with zero attached hydrogens (tertiary/aromatic N) is 2. The maximum atomic E-state index is 12.3. The van der Waals surface area contributed by atoms with E-state index >= 15 is 0 Å². The molecule has 0 saturated carbocycles. The molecular formula is C15H20N4O8. The molecular weight excluding hydrogens is 364 g/mol. The lowest BCUT2D eigenvalue weighted by Crippen LogP contribution is -2.39. The number of aliphatic hydroxyl groups excluding tert-OH is 2. The SMILES string of the molecule is NC(CCC(=O)Nc1ccn([C@@H]2O[C@H](CO)C(O)C23CO3)c(=O)n1)C(=O)O. The first-order valence-corrected chi connectivity index (χ1v) is 8.24. The number of carboxylic acids is 1. The predicted molar refractivity (Wildman–Crippen MR) is 87.7 cm³/mol. The van der Waals surface area contributed by atoms with E-state index in [-0.39, 0.29) is 25.3 Å². The van der Waals surface area contributed by atoms with Gasteiger partial charge in [0.2, 0.25) is 5.91 Å². The van der Waals surface area contributed by atoms with Crippen molar-refractivity contribution in [1.29, 1.82) is 0 Å². The molecule has 12 nitrogen and oxygen atoms in total. The van der Waals surface area contributed by atoms with E-state index in [1.54, 1.807) is 0 Å². The van der Waals surface area contributed by atoms with Crippen LogP contribution in [0, 0.1) is 0 Å². The van der Waals surface area contributed by atoms with Gasteiger partial charge in [-0.1, -0.05) is 0 Å². The zero-order chi connectivity index (χ0) is 19.8. The lowest BCUT2D eigenvalue weighted by molar-refractivity contribution is -0.138. The molecule has 3 rings (SSSR count). The van der Waals surface area contributed by atoms with Crippen LogP contribution in [-0.2, 0) is 19.1 Å². The molecule has 2 saturated heterocycles. The number of carbonyl (C=O) groups is 2. The lowest BCUT2D eigenvalue weighted by atomic mass is 10.0. The Bertz CT molecular complexity index is 792. The molecule has 0 radical (unpaired) electrons. The molecule has 1 aromatic heterocycles. The number of ether oxygens (including phenoxy) is 2. The van der Waals surface area contributed by atoms with E-state index in [0.29, 0.717) is 0 Å².